The van der Waals surface area contributed by atoms with Gasteiger partial charge in [0, 0.05) is 6.07 Å². The molecule has 2 N–H and O–H groups in total. The van der Waals surface area contributed by atoms with Gasteiger partial charge in [0.05, 0.1) is 11.5 Å². The summed E-state index contributed by atoms with van der Waals surface area (Å²) >= 11 is 5.47. The van der Waals surface area contributed by atoms with Crippen molar-refractivity contribution in [1.82, 2.24) is 4.98 Å². The molecule has 0 saturated heterocycles. The number of pyridine rings is 1. The van der Waals surface area contributed by atoms with Gasteiger partial charge in [-0.05, 0) is 6.07 Å². The summed E-state index contributed by atoms with van der Waals surface area (Å²) in [5, 5.41) is 21.2. The van der Waals surface area contributed by atoms with Crippen LogP contribution in [-0.2, 0) is 0 Å². The van der Waals surface area contributed by atoms with Crippen LogP contribution >= 0.6 is 11.6 Å². The minimum atomic E-state index is -4.82. The Morgan fingerprint density at radius 1 is 1.56 bits per heavy atom. The van der Waals surface area contributed by atoms with Gasteiger partial charge >= 0.3 is 11.9 Å². The van der Waals surface area contributed by atoms with Crippen LogP contribution < -0.4 is 5.32 Å². The van der Waals surface area contributed by atoms with E-state index in [-0.39, 0.29) is 5.15 Å². The summed E-state index contributed by atoms with van der Waals surface area (Å²) < 4.78 is 36.1. The molecule has 1 rings (SSSR count). The van der Waals surface area contributed by atoms with E-state index in [2.05, 4.69) is 4.98 Å². The molecule has 6 nitrogen and oxygen atoms in total. The number of aromatic nitrogens is 1. The number of nitro groups is 1. The SMILES string of the molecule is O=[N+]([O-])c1ccc(Cl)nc1NCC(O)C(F)(F)F. The predicted octanol–water partition coefficient (Wildman–Crippen LogP) is 1.98. The second kappa shape index (κ2) is 5.36. The number of hydrogen-bond acceptors (Lipinski definition) is 5. The largest absolute Gasteiger partial charge is 0.416 e. The first-order chi connectivity index (χ1) is 8.21. The minimum absolute atomic E-state index is 0.121. The lowest BCUT2D eigenvalue weighted by molar-refractivity contribution is -0.384. The fourth-order valence-electron chi connectivity index (χ4n) is 1.01. The molecule has 0 saturated carbocycles. The highest BCUT2D eigenvalue weighted by Gasteiger charge is 2.38. The van der Waals surface area contributed by atoms with Crippen molar-refractivity contribution in [3.8, 4) is 0 Å². The lowest BCUT2D eigenvalue weighted by Crippen LogP contribution is -2.35. The van der Waals surface area contributed by atoms with Crippen LogP contribution in [0.2, 0.25) is 5.15 Å². The zero-order valence-electron chi connectivity index (χ0n) is 8.61. The van der Waals surface area contributed by atoms with E-state index in [0.29, 0.717) is 0 Å². The second-order valence-electron chi connectivity index (χ2n) is 3.20. The van der Waals surface area contributed by atoms with Crippen molar-refractivity contribution >= 4 is 23.1 Å². The van der Waals surface area contributed by atoms with Crippen molar-refractivity contribution in [1.29, 1.82) is 0 Å². The number of anilines is 1. The van der Waals surface area contributed by atoms with Crippen molar-refractivity contribution < 1.29 is 23.2 Å². The molecule has 0 amide bonds. The molecule has 0 radical (unpaired) electrons. The molecule has 1 atom stereocenters. The molecule has 0 aliphatic heterocycles. The first-order valence-electron chi connectivity index (χ1n) is 4.51. The van der Waals surface area contributed by atoms with Crippen LogP contribution in [0, 0.1) is 10.1 Å². The standard InChI is InChI=1S/C8H7ClF3N3O3/c9-6-2-1-4(15(17)18)7(14-6)13-3-5(16)8(10,11)12/h1-2,5,16H,3H2,(H,13,14). The highest BCUT2D eigenvalue weighted by molar-refractivity contribution is 6.29. The van der Waals surface area contributed by atoms with Crippen LogP contribution in [0.5, 0.6) is 0 Å². The zero-order chi connectivity index (χ0) is 13.9. The Bertz CT molecular complexity index is 455. The average molecular weight is 286 g/mol. The molecule has 0 spiro atoms. The van der Waals surface area contributed by atoms with E-state index in [4.69, 9.17) is 16.7 Å². The maximum absolute atomic E-state index is 12.0. The summed E-state index contributed by atoms with van der Waals surface area (Å²) in [6, 6.07) is 2.13. The van der Waals surface area contributed by atoms with Crippen molar-refractivity contribution in [3.63, 3.8) is 0 Å². The number of aliphatic hydroxyl groups excluding tert-OH is 1. The molecule has 1 unspecified atom stereocenters. The predicted molar refractivity (Wildman–Crippen MR) is 56.5 cm³/mol. The number of rotatable bonds is 4. The van der Waals surface area contributed by atoms with Gasteiger partial charge in [-0.3, -0.25) is 10.1 Å². The highest BCUT2D eigenvalue weighted by Crippen LogP contribution is 2.25. The minimum Gasteiger partial charge on any atom is -0.382 e. The number of nitrogens with one attached hydrogen (secondary N) is 1. The summed E-state index contributed by atoms with van der Waals surface area (Å²) in [4.78, 5) is 13.2. The van der Waals surface area contributed by atoms with Crippen LogP contribution in [0.4, 0.5) is 24.7 Å². The number of nitrogens with zero attached hydrogens (tertiary/aromatic N) is 2. The van der Waals surface area contributed by atoms with Crippen LogP contribution in [0.15, 0.2) is 12.1 Å². The smallest absolute Gasteiger partial charge is 0.382 e. The Labute approximate surface area is 104 Å². The van der Waals surface area contributed by atoms with Gasteiger partial charge in [-0.15, -0.1) is 0 Å². The number of aliphatic hydroxyl groups is 1. The van der Waals surface area contributed by atoms with Crippen molar-refractivity contribution in [2.45, 2.75) is 12.3 Å². The fraction of sp³-hybridized carbons (Fsp3) is 0.375. The second-order valence-corrected chi connectivity index (χ2v) is 3.58. The van der Waals surface area contributed by atoms with Gasteiger partial charge in [0.25, 0.3) is 0 Å². The van der Waals surface area contributed by atoms with Gasteiger partial charge in [0.15, 0.2) is 6.10 Å². The van der Waals surface area contributed by atoms with E-state index in [9.17, 15) is 23.3 Å². The lowest BCUT2D eigenvalue weighted by atomic mass is 10.3. The molecule has 1 aromatic heterocycles. The van der Waals surface area contributed by atoms with Crippen molar-refractivity contribution in [2.75, 3.05) is 11.9 Å². The monoisotopic (exact) mass is 285 g/mol. The van der Waals surface area contributed by atoms with Gasteiger partial charge in [0.2, 0.25) is 5.82 Å². The van der Waals surface area contributed by atoms with E-state index in [1.165, 1.54) is 0 Å². The Morgan fingerprint density at radius 2 is 2.17 bits per heavy atom. The Hall–Kier alpha value is -1.61. The average Bonchev–Trinajstić information content (AvgIpc) is 2.24. The summed E-state index contributed by atoms with van der Waals surface area (Å²) in [6.07, 6.45) is -7.47. The quantitative estimate of drug-likeness (QED) is 0.502. The van der Waals surface area contributed by atoms with Crippen LogP contribution in [0.1, 0.15) is 0 Å². The molecular weight excluding hydrogens is 279 g/mol. The van der Waals surface area contributed by atoms with Crippen LogP contribution in [0.3, 0.4) is 0 Å². The van der Waals surface area contributed by atoms with Crippen LogP contribution in [0.25, 0.3) is 0 Å². The number of alkyl halides is 3. The van der Waals surface area contributed by atoms with Gasteiger partial charge in [-0.1, -0.05) is 11.6 Å². The first-order valence-corrected chi connectivity index (χ1v) is 4.89. The molecule has 0 bridgehead atoms. The Balaban J connectivity index is 2.84. The van der Waals surface area contributed by atoms with Crippen LogP contribution in [-0.4, -0.2) is 33.8 Å². The van der Waals surface area contributed by atoms with E-state index < -0.39 is 35.3 Å². The normalized spacial score (nSPS) is 13.2. The number of halogens is 4. The summed E-state index contributed by atoms with van der Waals surface area (Å²) in [7, 11) is 0. The van der Waals surface area contributed by atoms with Gasteiger partial charge in [-0.25, -0.2) is 4.98 Å². The fourth-order valence-corrected chi connectivity index (χ4v) is 1.16. The first kappa shape index (κ1) is 14.5. The Morgan fingerprint density at radius 3 is 2.67 bits per heavy atom. The third-order valence-corrected chi connectivity index (χ3v) is 2.09. The van der Waals surface area contributed by atoms with Gasteiger partial charge in [-0.2, -0.15) is 13.2 Å². The van der Waals surface area contributed by atoms with E-state index >= 15 is 0 Å². The highest BCUT2D eigenvalue weighted by atomic mass is 35.5. The van der Waals surface area contributed by atoms with Gasteiger partial charge < -0.3 is 10.4 Å². The third-order valence-electron chi connectivity index (χ3n) is 1.88. The van der Waals surface area contributed by atoms with E-state index in [1.807, 2.05) is 5.32 Å². The molecule has 100 valence electrons. The maximum Gasteiger partial charge on any atom is 0.416 e. The Kier molecular flexibility index (Phi) is 4.30. The molecule has 0 aliphatic carbocycles. The molecule has 0 aromatic carbocycles. The van der Waals surface area contributed by atoms with E-state index in [0.717, 1.165) is 12.1 Å². The van der Waals surface area contributed by atoms with Gasteiger partial charge in [0.1, 0.15) is 5.15 Å². The summed E-state index contributed by atoms with van der Waals surface area (Å²) in [5.74, 6) is -0.434. The zero-order valence-corrected chi connectivity index (χ0v) is 9.37. The summed E-state index contributed by atoms with van der Waals surface area (Å²) in [5.41, 5.74) is -0.534. The molecule has 1 aromatic rings. The molecule has 10 heteroatoms. The topological polar surface area (TPSA) is 88.3 Å². The van der Waals surface area contributed by atoms with Crippen molar-refractivity contribution in [2.24, 2.45) is 0 Å². The molecule has 18 heavy (non-hydrogen) atoms. The summed E-state index contributed by atoms with van der Waals surface area (Å²) in [6.45, 7) is -0.961. The molecule has 0 fully saturated rings. The maximum atomic E-state index is 12.0. The molecular formula is C8H7ClF3N3O3. The number of hydrogen-bond donors (Lipinski definition) is 2. The molecule has 1 heterocycles. The van der Waals surface area contributed by atoms with Crippen molar-refractivity contribution in [3.05, 3.63) is 27.4 Å². The lowest BCUT2D eigenvalue weighted by Gasteiger charge is -2.15. The molecule has 0 aliphatic rings. The van der Waals surface area contributed by atoms with E-state index in [1.54, 1.807) is 0 Å². The third kappa shape index (κ3) is 3.70.